The van der Waals surface area contributed by atoms with Crippen LogP contribution in [-0.2, 0) is 11.2 Å². The lowest BCUT2D eigenvalue weighted by Gasteiger charge is -2.13. The van der Waals surface area contributed by atoms with Gasteiger partial charge in [0.2, 0.25) is 11.0 Å². The smallest absolute Gasteiger partial charge is 0.236 e. The molecule has 0 saturated heterocycles. The molecule has 1 N–H and O–H groups in total. The van der Waals surface area contributed by atoms with E-state index in [2.05, 4.69) is 21.6 Å². The van der Waals surface area contributed by atoms with Crippen LogP contribution in [0.25, 0.3) is 22.4 Å². The minimum absolute atomic E-state index is 0.0715. The molecule has 2 aromatic carbocycles. The molecular weight excluding hydrogens is 486 g/mol. The lowest BCUT2D eigenvalue weighted by atomic mass is 9.99. The number of halogens is 1. The molecule has 4 rings (SSSR count). The first-order chi connectivity index (χ1) is 16.5. The lowest BCUT2D eigenvalue weighted by Crippen LogP contribution is -2.14. The van der Waals surface area contributed by atoms with Gasteiger partial charge in [-0.05, 0) is 25.5 Å². The first kappa shape index (κ1) is 23.9. The summed E-state index contributed by atoms with van der Waals surface area (Å²) in [4.78, 5) is 17.3. The van der Waals surface area contributed by atoms with E-state index in [-0.39, 0.29) is 11.7 Å². The number of aromatic nitrogens is 3. The molecule has 2 aromatic heterocycles. The topological polar surface area (TPSA) is 91.6 Å². The van der Waals surface area contributed by atoms with E-state index in [1.54, 1.807) is 6.07 Å². The van der Waals surface area contributed by atoms with Gasteiger partial charge in [0.25, 0.3) is 0 Å². The van der Waals surface area contributed by atoms with Crippen LogP contribution in [0.15, 0.2) is 59.6 Å². The van der Waals surface area contributed by atoms with Gasteiger partial charge in [-0.3, -0.25) is 10.1 Å². The van der Waals surface area contributed by atoms with Crippen molar-refractivity contribution >= 4 is 45.7 Å². The highest BCUT2D eigenvalue weighted by atomic mass is 35.5. The van der Waals surface area contributed by atoms with Crippen LogP contribution in [-0.4, -0.2) is 26.8 Å². The van der Waals surface area contributed by atoms with Crippen LogP contribution in [0.3, 0.4) is 0 Å². The van der Waals surface area contributed by atoms with E-state index in [1.807, 2.05) is 62.4 Å². The average Bonchev–Trinajstić information content (AvgIpc) is 3.30. The van der Waals surface area contributed by atoms with E-state index in [9.17, 15) is 10.1 Å². The Morgan fingerprint density at radius 3 is 2.59 bits per heavy atom. The molecule has 0 radical (unpaired) electrons. The molecule has 0 unspecified atom stereocenters. The number of carbonyl (C=O) groups is 1. The normalized spacial score (nSPS) is 10.6. The molecule has 6 nitrogen and oxygen atoms in total. The van der Waals surface area contributed by atoms with Gasteiger partial charge in [-0.15, -0.1) is 10.2 Å². The number of nitrogens with zero attached hydrogens (tertiary/aromatic N) is 4. The highest BCUT2D eigenvalue weighted by Gasteiger charge is 2.19. The summed E-state index contributed by atoms with van der Waals surface area (Å²) in [6.45, 7) is 4.00. The van der Waals surface area contributed by atoms with Gasteiger partial charge in [0, 0.05) is 21.7 Å². The highest BCUT2D eigenvalue weighted by Crippen LogP contribution is 2.37. The van der Waals surface area contributed by atoms with Gasteiger partial charge < -0.3 is 0 Å². The van der Waals surface area contributed by atoms with Gasteiger partial charge in [0.05, 0.1) is 17.0 Å². The molecule has 0 bridgehead atoms. The average molecular weight is 506 g/mol. The molecule has 0 atom stereocenters. The van der Waals surface area contributed by atoms with E-state index < -0.39 is 0 Å². The van der Waals surface area contributed by atoms with Crippen molar-refractivity contribution in [3.63, 3.8) is 0 Å². The first-order valence-corrected chi connectivity index (χ1v) is 12.7. The van der Waals surface area contributed by atoms with Crippen LogP contribution in [0.4, 0.5) is 5.13 Å². The summed E-state index contributed by atoms with van der Waals surface area (Å²) in [6.07, 6.45) is 0.758. The number of thioether (sulfide) groups is 1. The summed E-state index contributed by atoms with van der Waals surface area (Å²) in [6, 6.07) is 19.5. The van der Waals surface area contributed by atoms with Crippen LogP contribution in [0.1, 0.15) is 23.1 Å². The van der Waals surface area contributed by atoms with E-state index in [1.165, 1.54) is 23.1 Å². The maximum Gasteiger partial charge on any atom is 0.236 e. The summed E-state index contributed by atoms with van der Waals surface area (Å²) in [7, 11) is 0. The van der Waals surface area contributed by atoms with Crippen molar-refractivity contribution in [2.75, 3.05) is 11.1 Å². The number of rotatable bonds is 7. The zero-order chi connectivity index (χ0) is 24.1. The molecular formula is C25H20ClN5OS2. The predicted molar refractivity (Wildman–Crippen MR) is 138 cm³/mol. The number of pyridine rings is 1. The molecule has 0 spiro atoms. The third kappa shape index (κ3) is 5.45. The Kier molecular flexibility index (Phi) is 7.58. The minimum atomic E-state index is -0.241. The molecule has 34 heavy (non-hydrogen) atoms. The molecule has 0 saturated carbocycles. The second kappa shape index (κ2) is 10.8. The number of carbonyl (C=O) groups excluding carboxylic acids is 1. The number of hydrogen-bond donors (Lipinski definition) is 1. The predicted octanol–water partition coefficient (Wildman–Crippen LogP) is 6.39. The zero-order valence-electron chi connectivity index (χ0n) is 18.5. The molecule has 0 aliphatic heterocycles. The van der Waals surface area contributed by atoms with Crippen molar-refractivity contribution in [1.29, 1.82) is 5.26 Å². The fraction of sp³-hybridized carbons (Fsp3) is 0.160. The van der Waals surface area contributed by atoms with Crippen LogP contribution < -0.4 is 5.32 Å². The van der Waals surface area contributed by atoms with Gasteiger partial charge in [-0.2, -0.15) is 5.26 Å². The summed E-state index contributed by atoms with van der Waals surface area (Å²) in [5.41, 5.74) is 4.55. The largest absolute Gasteiger partial charge is 0.300 e. The van der Waals surface area contributed by atoms with E-state index in [0.717, 1.165) is 28.1 Å². The fourth-order valence-corrected chi connectivity index (χ4v) is 4.97. The Labute approximate surface area is 211 Å². The van der Waals surface area contributed by atoms with Crippen molar-refractivity contribution in [2.24, 2.45) is 0 Å². The Balaban J connectivity index is 1.70. The molecule has 2 heterocycles. The number of amides is 1. The van der Waals surface area contributed by atoms with Gasteiger partial charge in [0.15, 0.2) is 0 Å². The number of benzene rings is 2. The second-order valence-corrected chi connectivity index (χ2v) is 9.82. The van der Waals surface area contributed by atoms with Crippen molar-refractivity contribution in [1.82, 2.24) is 15.2 Å². The van der Waals surface area contributed by atoms with E-state index >= 15 is 0 Å². The second-order valence-electron chi connectivity index (χ2n) is 7.38. The zero-order valence-corrected chi connectivity index (χ0v) is 20.9. The summed E-state index contributed by atoms with van der Waals surface area (Å²) in [5, 5.41) is 23.1. The van der Waals surface area contributed by atoms with Crippen LogP contribution >= 0.6 is 34.7 Å². The molecule has 9 heteroatoms. The summed E-state index contributed by atoms with van der Waals surface area (Å²) >= 11 is 9.03. The fourth-order valence-electron chi connectivity index (χ4n) is 3.23. The van der Waals surface area contributed by atoms with Crippen molar-refractivity contribution < 1.29 is 4.79 Å². The first-order valence-electron chi connectivity index (χ1n) is 10.5. The van der Waals surface area contributed by atoms with Crippen molar-refractivity contribution in [2.45, 2.75) is 25.3 Å². The summed E-state index contributed by atoms with van der Waals surface area (Å²) < 4.78 is 0. The molecule has 1 amide bonds. The molecule has 0 aliphatic rings. The Hall–Kier alpha value is -3.25. The Morgan fingerprint density at radius 2 is 1.91 bits per heavy atom. The molecule has 4 aromatic rings. The number of aryl methyl sites for hydroxylation is 2. The van der Waals surface area contributed by atoms with Gasteiger partial charge >= 0.3 is 0 Å². The number of anilines is 1. The lowest BCUT2D eigenvalue weighted by molar-refractivity contribution is -0.113. The van der Waals surface area contributed by atoms with Gasteiger partial charge in [-0.1, -0.05) is 89.7 Å². The molecule has 170 valence electrons. The third-order valence-corrected chi connectivity index (χ3v) is 7.25. The SMILES string of the molecule is CCc1nnc(NC(=O)CSc2nc(-c3ccc(C)cc3)cc(-c3ccccc3Cl)c2C#N)s1. The number of nitrogens with one attached hydrogen (secondary N) is 1. The van der Waals surface area contributed by atoms with E-state index in [0.29, 0.717) is 32.0 Å². The standard InChI is InChI=1S/C25H20ClN5OS2/c1-3-23-30-31-25(34-23)29-22(32)14-33-24-19(13-27)18(17-6-4-5-7-20(17)26)12-21(28-24)16-10-8-15(2)9-11-16/h4-12H,3,14H2,1-2H3,(H,29,31,32). The summed E-state index contributed by atoms with van der Waals surface area (Å²) in [5.74, 6) is -0.170. The molecule has 0 fully saturated rings. The van der Waals surface area contributed by atoms with Crippen LogP contribution in [0.2, 0.25) is 5.02 Å². The monoisotopic (exact) mass is 505 g/mol. The van der Waals surface area contributed by atoms with Crippen molar-refractivity contribution in [3.05, 3.63) is 75.8 Å². The van der Waals surface area contributed by atoms with E-state index in [4.69, 9.17) is 16.6 Å². The van der Waals surface area contributed by atoms with Crippen molar-refractivity contribution in [3.8, 4) is 28.5 Å². The Bertz CT molecular complexity index is 1380. The maximum atomic E-state index is 12.6. The Morgan fingerprint density at radius 1 is 1.15 bits per heavy atom. The van der Waals surface area contributed by atoms with Gasteiger partial charge in [-0.25, -0.2) is 4.98 Å². The third-order valence-electron chi connectivity index (χ3n) is 4.97. The minimum Gasteiger partial charge on any atom is -0.300 e. The molecule has 0 aliphatic carbocycles. The van der Waals surface area contributed by atoms with Crippen LogP contribution in [0, 0.1) is 18.3 Å². The maximum absolute atomic E-state index is 12.6. The van der Waals surface area contributed by atoms with Gasteiger partial charge in [0.1, 0.15) is 16.1 Å². The van der Waals surface area contributed by atoms with Crippen LogP contribution in [0.5, 0.6) is 0 Å². The quantitative estimate of drug-likeness (QED) is 0.292. The number of nitriles is 1. The number of hydrogen-bond acceptors (Lipinski definition) is 7. The highest BCUT2D eigenvalue weighted by molar-refractivity contribution is 8.00.